The first-order chi connectivity index (χ1) is 14.4. The largest absolute Gasteiger partial charge is 0.350 e. The zero-order valence-corrected chi connectivity index (χ0v) is 17.3. The molecule has 7 heteroatoms. The highest BCUT2D eigenvalue weighted by molar-refractivity contribution is 5.93. The molecule has 3 heterocycles. The average molecular weight is 411 g/mol. The number of carbonyl (C=O) groups is 2. The van der Waals surface area contributed by atoms with Crippen LogP contribution in [0.4, 0.5) is 4.39 Å². The van der Waals surface area contributed by atoms with Crippen LogP contribution in [0, 0.1) is 11.2 Å². The number of aromatic nitrogens is 1. The third kappa shape index (κ3) is 2.86. The summed E-state index contributed by atoms with van der Waals surface area (Å²) >= 11 is 0. The number of hydrogen-bond donors (Lipinski definition) is 0. The fourth-order valence-corrected chi connectivity index (χ4v) is 6.14. The molecule has 5 rings (SSSR count). The van der Waals surface area contributed by atoms with E-state index >= 15 is 0 Å². The zero-order valence-electron chi connectivity index (χ0n) is 17.3. The Labute approximate surface area is 175 Å². The lowest BCUT2D eigenvalue weighted by Gasteiger charge is -2.46. The smallest absolute Gasteiger partial charge is 0.292 e. The van der Waals surface area contributed by atoms with Gasteiger partial charge < -0.3 is 14.3 Å². The van der Waals surface area contributed by atoms with E-state index in [2.05, 4.69) is 12.1 Å². The van der Waals surface area contributed by atoms with Crippen molar-refractivity contribution in [3.63, 3.8) is 0 Å². The van der Waals surface area contributed by atoms with E-state index in [9.17, 15) is 14.0 Å². The number of carbonyl (C=O) groups excluding carboxylic acids is 2. The summed E-state index contributed by atoms with van der Waals surface area (Å²) in [6.45, 7) is 4.41. The first kappa shape index (κ1) is 19.3. The van der Waals surface area contributed by atoms with E-state index in [0.717, 1.165) is 32.1 Å². The van der Waals surface area contributed by atoms with Crippen LogP contribution in [0.15, 0.2) is 34.9 Å². The fourth-order valence-electron chi connectivity index (χ4n) is 6.14. The van der Waals surface area contributed by atoms with Crippen molar-refractivity contribution in [1.29, 1.82) is 0 Å². The maximum Gasteiger partial charge on any atom is 0.292 e. The molecule has 3 fully saturated rings. The molecule has 0 N–H and O–H groups in total. The molecule has 2 amide bonds. The van der Waals surface area contributed by atoms with Crippen molar-refractivity contribution < 1.29 is 18.5 Å². The van der Waals surface area contributed by atoms with Gasteiger partial charge in [0.1, 0.15) is 11.5 Å². The van der Waals surface area contributed by atoms with Crippen molar-refractivity contribution in [2.24, 2.45) is 5.41 Å². The Balaban J connectivity index is 1.46. The Hall–Kier alpha value is -2.70. The Morgan fingerprint density at radius 1 is 1.17 bits per heavy atom. The molecule has 1 saturated carbocycles. The van der Waals surface area contributed by atoms with Crippen molar-refractivity contribution in [1.82, 2.24) is 15.0 Å². The van der Waals surface area contributed by atoms with Gasteiger partial charge in [-0.2, -0.15) is 0 Å². The molecule has 2 bridgehead atoms. The molecule has 2 aliphatic heterocycles. The molecule has 30 heavy (non-hydrogen) atoms. The van der Waals surface area contributed by atoms with Gasteiger partial charge in [0.25, 0.3) is 5.91 Å². The topological polar surface area (TPSA) is 66.7 Å². The number of benzene rings is 1. The molecule has 1 aromatic carbocycles. The van der Waals surface area contributed by atoms with Crippen molar-refractivity contribution in [2.45, 2.75) is 64.1 Å². The Morgan fingerprint density at radius 2 is 1.87 bits per heavy atom. The third-order valence-electron chi connectivity index (χ3n) is 7.40. The zero-order chi connectivity index (χ0) is 21.0. The molecule has 158 valence electrons. The summed E-state index contributed by atoms with van der Waals surface area (Å²) < 4.78 is 18.6. The van der Waals surface area contributed by atoms with Gasteiger partial charge in [0, 0.05) is 42.6 Å². The van der Waals surface area contributed by atoms with E-state index in [0.29, 0.717) is 17.8 Å². The first-order valence-electron chi connectivity index (χ1n) is 10.7. The number of hydrogen-bond acceptors (Lipinski definition) is 4. The molecule has 2 aromatic rings. The Bertz CT molecular complexity index is 988. The Morgan fingerprint density at radius 3 is 2.57 bits per heavy atom. The standard InChI is InChI=1S/C23H26FN3O3/c1-14(28)27-17-12-23(2)20(5-3-4-6-21(23)27)26(13-17)22(29)19-11-18(25-30-19)15-7-9-16(24)10-8-15/h7-11,17,20-21H,3-6,12-13H2,1-2H3/t17-,20+,21-,23+/m0/s1. The van der Waals surface area contributed by atoms with Gasteiger partial charge in [0.15, 0.2) is 0 Å². The summed E-state index contributed by atoms with van der Waals surface area (Å²) in [6, 6.07) is 7.90. The molecule has 0 spiro atoms. The number of likely N-dealkylation sites (tertiary alicyclic amines) is 2. The number of rotatable bonds is 2. The van der Waals surface area contributed by atoms with E-state index in [1.165, 1.54) is 12.1 Å². The van der Waals surface area contributed by atoms with Crippen LogP contribution in [-0.4, -0.2) is 51.4 Å². The minimum atomic E-state index is -0.325. The maximum atomic E-state index is 13.5. The number of fused-ring (bicyclic) bond motifs is 1. The van der Waals surface area contributed by atoms with E-state index < -0.39 is 0 Å². The van der Waals surface area contributed by atoms with Crippen LogP contribution >= 0.6 is 0 Å². The normalized spacial score (nSPS) is 30.3. The highest BCUT2D eigenvalue weighted by Crippen LogP contribution is 2.53. The summed E-state index contributed by atoms with van der Waals surface area (Å²) in [5.74, 6) is -0.215. The van der Waals surface area contributed by atoms with Gasteiger partial charge >= 0.3 is 0 Å². The Kier molecular flexibility index (Phi) is 4.45. The van der Waals surface area contributed by atoms with Crippen molar-refractivity contribution in [3.8, 4) is 11.3 Å². The van der Waals surface area contributed by atoms with Gasteiger partial charge in [-0.25, -0.2) is 4.39 Å². The minimum Gasteiger partial charge on any atom is -0.350 e. The van der Waals surface area contributed by atoms with Crippen LogP contribution in [0.25, 0.3) is 11.3 Å². The van der Waals surface area contributed by atoms with Gasteiger partial charge in [0.2, 0.25) is 11.7 Å². The average Bonchev–Trinajstić information content (AvgIpc) is 3.24. The lowest BCUT2D eigenvalue weighted by molar-refractivity contribution is -0.132. The lowest BCUT2D eigenvalue weighted by Crippen LogP contribution is -2.55. The van der Waals surface area contributed by atoms with Crippen molar-refractivity contribution in [3.05, 3.63) is 41.9 Å². The monoisotopic (exact) mass is 411 g/mol. The van der Waals surface area contributed by atoms with E-state index in [-0.39, 0.29) is 46.9 Å². The van der Waals surface area contributed by atoms with Crippen LogP contribution in [-0.2, 0) is 4.79 Å². The number of amides is 2. The first-order valence-corrected chi connectivity index (χ1v) is 10.7. The van der Waals surface area contributed by atoms with E-state index in [1.807, 2.05) is 9.80 Å². The summed E-state index contributed by atoms with van der Waals surface area (Å²) in [7, 11) is 0. The molecular weight excluding hydrogens is 385 g/mol. The second kappa shape index (κ2) is 6.93. The number of nitrogens with zero attached hydrogens (tertiary/aromatic N) is 3. The predicted molar refractivity (Wildman–Crippen MR) is 108 cm³/mol. The molecule has 1 aromatic heterocycles. The van der Waals surface area contributed by atoms with Crippen LogP contribution in [0.5, 0.6) is 0 Å². The molecule has 1 aliphatic carbocycles. The third-order valence-corrected chi connectivity index (χ3v) is 7.40. The molecule has 0 radical (unpaired) electrons. The van der Waals surface area contributed by atoms with Gasteiger partial charge in [0.05, 0.1) is 6.04 Å². The van der Waals surface area contributed by atoms with E-state index in [1.54, 1.807) is 25.1 Å². The second-order valence-corrected chi connectivity index (χ2v) is 9.15. The van der Waals surface area contributed by atoms with Gasteiger partial charge in [-0.15, -0.1) is 0 Å². The molecule has 0 unspecified atom stereocenters. The summed E-state index contributed by atoms with van der Waals surface area (Å²) in [5.41, 5.74) is 1.11. The van der Waals surface area contributed by atoms with Gasteiger partial charge in [-0.05, 0) is 43.5 Å². The quantitative estimate of drug-likeness (QED) is 0.752. The molecular formula is C23H26FN3O3. The second-order valence-electron chi connectivity index (χ2n) is 9.15. The van der Waals surface area contributed by atoms with Crippen LogP contribution in [0.3, 0.4) is 0 Å². The molecule has 3 aliphatic rings. The molecule has 6 nitrogen and oxygen atoms in total. The lowest BCUT2D eigenvalue weighted by atomic mass is 9.71. The molecule has 2 saturated heterocycles. The van der Waals surface area contributed by atoms with Crippen LogP contribution < -0.4 is 0 Å². The van der Waals surface area contributed by atoms with Gasteiger partial charge in [-0.1, -0.05) is 24.9 Å². The van der Waals surface area contributed by atoms with E-state index in [4.69, 9.17) is 4.52 Å². The molecule has 4 atom stereocenters. The highest BCUT2D eigenvalue weighted by atomic mass is 19.1. The van der Waals surface area contributed by atoms with Crippen LogP contribution in [0.1, 0.15) is 56.5 Å². The minimum absolute atomic E-state index is 0.0512. The van der Waals surface area contributed by atoms with Crippen molar-refractivity contribution >= 4 is 11.8 Å². The maximum absolute atomic E-state index is 13.5. The number of piperidine rings is 1. The summed E-state index contributed by atoms with van der Waals surface area (Å²) in [6.07, 6.45) is 5.02. The van der Waals surface area contributed by atoms with Gasteiger partial charge in [-0.3, -0.25) is 9.59 Å². The predicted octanol–water partition coefficient (Wildman–Crippen LogP) is 3.87. The van der Waals surface area contributed by atoms with Crippen molar-refractivity contribution in [2.75, 3.05) is 6.54 Å². The summed E-state index contributed by atoms with van der Waals surface area (Å²) in [4.78, 5) is 29.9. The van der Waals surface area contributed by atoms with Crippen LogP contribution in [0.2, 0.25) is 0 Å². The highest BCUT2D eigenvalue weighted by Gasteiger charge is 2.60. The fraction of sp³-hybridized carbons (Fsp3) is 0.522. The summed E-state index contributed by atoms with van der Waals surface area (Å²) in [5, 5.41) is 4.04. The SMILES string of the molecule is CC(=O)N1[C@@H]2CN(C(=O)c3cc(-c4ccc(F)cc4)no3)[C@@H]3CCCC[C@H]1[C@]3(C)C2. The number of halogens is 1.